The second-order valence-corrected chi connectivity index (χ2v) is 5.97. The number of urea groups is 1. The SMILES string of the molecule is CCC(CNC(=O)NCC1CC2CCC1C2)C(=O)O. The lowest BCUT2D eigenvalue weighted by Gasteiger charge is -2.22. The number of carboxylic acid groups (broad SMARTS) is 1. The van der Waals surface area contributed by atoms with Gasteiger partial charge in [0.1, 0.15) is 0 Å². The van der Waals surface area contributed by atoms with Gasteiger partial charge in [-0.1, -0.05) is 13.3 Å². The number of aliphatic carboxylic acids is 1. The molecule has 5 nitrogen and oxygen atoms in total. The molecule has 4 unspecified atom stereocenters. The third kappa shape index (κ3) is 3.61. The molecule has 0 heterocycles. The summed E-state index contributed by atoms with van der Waals surface area (Å²) in [5, 5.41) is 14.4. The monoisotopic (exact) mass is 268 g/mol. The van der Waals surface area contributed by atoms with Gasteiger partial charge in [-0.2, -0.15) is 0 Å². The van der Waals surface area contributed by atoms with E-state index in [1.165, 1.54) is 25.7 Å². The molecule has 2 aliphatic rings. The van der Waals surface area contributed by atoms with Crippen molar-refractivity contribution in [3.63, 3.8) is 0 Å². The molecule has 2 aliphatic carbocycles. The molecule has 2 bridgehead atoms. The molecule has 2 amide bonds. The van der Waals surface area contributed by atoms with Gasteiger partial charge in [0.05, 0.1) is 5.92 Å². The lowest BCUT2D eigenvalue weighted by Crippen LogP contribution is -2.42. The molecule has 3 N–H and O–H groups in total. The first-order chi connectivity index (χ1) is 9.10. The average molecular weight is 268 g/mol. The molecule has 19 heavy (non-hydrogen) atoms. The summed E-state index contributed by atoms with van der Waals surface area (Å²) in [6.45, 7) is 2.75. The Morgan fingerprint density at radius 3 is 2.58 bits per heavy atom. The molecule has 0 radical (unpaired) electrons. The Morgan fingerprint density at radius 1 is 1.26 bits per heavy atom. The summed E-state index contributed by atoms with van der Waals surface area (Å²) < 4.78 is 0. The molecule has 0 aromatic heterocycles. The second-order valence-electron chi connectivity index (χ2n) is 5.97. The Balaban J connectivity index is 1.63. The van der Waals surface area contributed by atoms with Gasteiger partial charge in [-0.3, -0.25) is 4.79 Å². The maximum absolute atomic E-state index is 11.6. The highest BCUT2D eigenvalue weighted by Gasteiger charge is 2.39. The quantitative estimate of drug-likeness (QED) is 0.687. The summed E-state index contributed by atoms with van der Waals surface area (Å²) in [6.07, 6.45) is 5.80. The lowest BCUT2D eigenvalue weighted by molar-refractivity contribution is -0.141. The van der Waals surface area contributed by atoms with Crippen molar-refractivity contribution in [1.82, 2.24) is 10.6 Å². The van der Waals surface area contributed by atoms with E-state index in [2.05, 4.69) is 10.6 Å². The maximum Gasteiger partial charge on any atom is 0.314 e. The fourth-order valence-electron chi connectivity index (χ4n) is 3.53. The van der Waals surface area contributed by atoms with E-state index in [9.17, 15) is 9.59 Å². The van der Waals surface area contributed by atoms with Gasteiger partial charge in [0.2, 0.25) is 0 Å². The van der Waals surface area contributed by atoms with Crippen molar-refractivity contribution in [3.8, 4) is 0 Å². The predicted octanol–water partition coefficient (Wildman–Crippen LogP) is 1.83. The Labute approximate surface area is 114 Å². The zero-order valence-electron chi connectivity index (χ0n) is 11.5. The molecule has 2 fully saturated rings. The number of carbonyl (C=O) groups is 2. The minimum Gasteiger partial charge on any atom is -0.481 e. The number of hydrogen-bond acceptors (Lipinski definition) is 2. The molecule has 0 aliphatic heterocycles. The van der Waals surface area contributed by atoms with Crippen LogP contribution in [0.25, 0.3) is 0 Å². The first kappa shape index (κ1) is 14.2. The predicted molar refractivity (Wildman–Crippen MR) is 71.8 cm³/mol. The molecular formula is C14H24N2O3. The molecule has 0 spiro atoms. The highest BCUT2D eigenvalue weighted by atomic mass is 16.4. The molecular weight excluding hydrogens is 244 g/mol. The van der Waals surface area contributed by atoms with Crippen molar-refractivity contribution in [2.75, 3.05) is 13.1 Å². The van der Waals surface area contributed by atoms with Crippen molar-refractivity contribution in [2.24, 2.45) is 23.7 Å². The van der Waals surface area contributed by atoms with Crippen LogP contribution in [0.1, 0.15) is 39.0 Å². The summed E-state index contributed by atoms with van der Waals surface area (Å²) in [5.74, 6) is 0.971. The van der Waals surface area contributed by atoms with Crippen molar-refractivity contribution in [3.05, 3.63) is 0 Å². The number of hydrogen-bond donors (Lipinski definition) is 3. The van der Waals surface area contributed by atoms with Crippen LogP contribution in [0, 0.1) is 23.7 Å². The largest absolute Gasteiger partial charge is 0.481 e. The summed E-state index contributed by atoms with van der Waals surface area (Å²) in [5.41, 5.74) is 0. The van der Waals surface area contributed by atoms with Gasteiger partial charge in [-0.05, 0) is 43.4 Å². The van der Waals surface area contributed by atoms with E-state index in [1.807, 2.05) is 6.92 Å². The number of amides is 2. The Morgan fingerprint density at radius 2 is 2.05 bits per heavy atom. The third-order valence-electron chi connectivity index (χ3n) is 4.76. The van der Waals surface area contributed by atoms with Gasteiger partial charge in [0, 0.05) is 13.1 Å². The molecule has 0 aromatic rings. The van der Waals surface area contributed by atoms with Crippen LogP contribution in [0.5, 0.6) is 0 Å². The second kappa shape index (κ2) is 6.26. The summed E-state index contributed by atoms with van der Waals surface area (Å²) in [4.78, 5) is 22.5. The van der Waals surface area contributed by atoms with Gasteiger partial charge in [0.15, 0.2) is 0 Å². The van der Waals surface area contributed by atoms with Crippen LogP contribution in [0.2, 0.25) is 0 Å². The topological polar surface area (TPSA) is 78.4 Å². The standard InChI is InChI=1S/C14H24N2O3/c1-2-10(13(17)18)7-15-14(19)16-8-12-6-9-3-4-11(12)5-9/h9-12H,2-8H2,1H3,(H,17,18)(H2,15,16,19). The number of carboxylic acids is 1. The highest BCUT2D eigenvalue weighted by Crippen LogP contribution is 2.47. The number of nitrogens with one attached hydrogen (secondary N) is 2. The van der Waals surface area contributed by atoms with Crippen LogP contribution < -0.4 is 10.6 Å². The zero-order chi connectivity index (χ0) is 13.8. The van der Waals surface area contributed by atoms with Crippen LogP contribution in [0.3, 0.4) is 0 Å². The smallest absolute Gasteiger partial charge is 0.314 e. The Kier molecular flexibility index (Phi) is 4.66. The first-order valence-electron chi connectivity index (χ1n) is 7.34. The van der Waals surface area contributed by atoms with Gasteiger partial charge in [-0.15, -0.1) is 0 Å². The van der Waals surface area contributed by atoms with Crippen LogP contribution in [0.15, 0.2) is 0 Å². The van der Waals surface area contributed by atoms with Gasteiger partial charge < -0.3 is 15.7 Å². The van der Waals surface area contributed by atoms with Gasteiger partial charge >= 0.3 is 12.0 Å². The molecule has 4 atom stereocenters. The first-order valence-corrected chi connectivity index (χ1v) is 7.34. The molecule has 2 saturated carbocycles. The lowest BCUT2D eigenvalue weighted by atomic mass is 9.89. The average Bonchev–Trinajstić information content (AvgIpc) is 2.98. The fraction of sp³-hybridized carbons (Fsp3) is 0.857. The van der Waals surface area contributed by atoms with Crippen molar-refractivity contribution >= 4 is 12.0 Å². The number of fused-ring (bicyclic) bond motifs is 2. The van der Waals surface area contributed by atoms with Crippen molar-refractivity contribution in [2.45, 2.75) is 39.0 Å². The van der Waals surface area contributed by atoms with Crippen LogP contribution in [-0.4, -0.2) is 30.2 Å². The van der Waals surface area contributed by atoms with E-state index < -0.39 is 11.9 Å². The molecule has 0 saturated heterocycles. The molecule has 2 rings (SSSR count). The minimum atomic E-state index is -0.851. The van der Waals surface area contributed by atoms with E-state index >= 15 is 0 Å². The van der Waals surface area contributed by atoms with E-state index in [-0.39, 0.29) is 12.6 Å². The third-order valence-corrected chi connectivity index (χ3v) is 4.76. The van der Waals surface area contributed by atoms with Crippen molar-refractivity contribution < 1.29 is 14.7 Å². The zero-order valence-corrected chi connectivity index (χ0v) is 11.5. The van der Waals surface area contributed by atoms with E-state index in [0.29, 0.717) is 12.3 Å². The fourth-order valence-corrected chi connectivity index (χ4v) is 3.53. The van der Waals surface area contributed by atoms with Gasteiger partial charge in [-0.25, -0.2) is 4.79 Å². The maximum atomic E-state index is 11.6. The van der Waals surface area contributed by atoms with Crippen LogP contribution >= 0.6 is 0 Å². The molecule has 5 heteroatoms. The van der Waals surface area contributed by atoms with E-state index in [1.54, 1.807) is 0 Å². The minimum absolute atomic E-state index is 0.203. The normalized spacial score (nSPS) is 30.1. The molecule has 108 valence electrons. The highest BCUT2D eigenvalue weighted by molar-refractivity contribution is 5.75. The Hall–Kier alpha value is -1.26. The van der Waals surface area contributed by atoms with Crippen LogP contribution in [-0.2, 0) is 4.79 Å². The summed E-state index contributed by atoms with van der Waals surface area (Å²) >= 11 is 0. The number of rotatable bonds is 6. The van der Waals surface area contributed by atoms with E-state index in [4.69, 9.17) is 5.11 Å². The molecule has 0 aromatic carbocycles. The van der Waals surface area contributed by atoms with E-state index in [0.717, 1.165) is 18.4 Å². The number of carbonyl (C=O) groups excluding carboxylic acids is 1. The Bertz CT molecular complexity index is 346. The summed E-state index contributed by atoms with van der Waals surface area (Å²) in [7, 11) is 0. The van der Waals surface area contributed by atoms with Gasteiger partial charge in [0.25, 0.3) is 0 Å². The summed E-state index contributed by atoms with van der Waals surface area (Å²) in [6, 6.07) is -0.234. The van der Waals surface area contributed by atoms with Crippen molar-refractivity contribution in [1.29, 1.82) is 0 Å². The van der Waals surface area contributed by atoms with Crippen LogP contribution in [0.4, 0.5) is 4.79 Å².